The molecule has 1 amide bonds. The lowest BCUT2D eigenvalue weighted by Crippen LogP contribution is -2.33. The number of carbonyl (C=O) groups is 1. The third kappa shape index (κ3) is 4.06. The first-order valence-electron chi connectivity index (χ1n) is 7.98. The van der Waals surface area contributed by atoms with Crippen LogP contribution in [0.15, 0.2) is 41.2 Å². The van der Waals surface area contributed by atoms with Crippen molar-refractivity contribution >= 4 is 5.91 Å². The lowest BCUT2D eigenvalue weighted by atomic mass is 10.1. The molecule has 1 aromatic heterocycles. The van der Waals surface area contributed by atoms with Crippen molar-refractivity contribution in [2.24, 2.45) is 0 Å². The second-order valence-electron chi connectivity index (χ2n) is 5.53. The molecule has 0 bridgehead atoms. The van der Waals surface area contributed by atoms with Gasteiger partial charge in [-0.05, 0) is 37.5 Å². The van der Waals surface area contributed by atoms with E-state index >= 15 is 0 Å². The third-order valence-corrected chi connectivity index (χ3v) is 3.81. The molecule has 0 unspecified atom stereocenters. The Morgan fingerprint density at radius 3 is 2.57 bits per heavy atom. The lowest BCUT2D eigenvalue weighted by molar-refractivity contribution is 0.0743. The maximum Gasteiger partial charge on any atom is 0.274 e. The van der Waals surface area contributed by atoms with E-state index in [9.17, 15) is 9.59 Å². The van der Waals surface area contributed by atoms with E-state index in [0.717, 1.165) is 17.5 Å². The molecule has 0 aliphatic heterocycles. The fraction of sp³-hybridized carbons (Fsp3) is 0.389. The number of rotatable bonds is 6. The number of hydrogen-bond acceptors (Lipinski definition) is 3. The van der Waals surface area contributed by atoms with Crippen molar-refractivity contribution in [2.45, 2.75) is 40.3 Å². The first kappa shape index (κ1) is 16.9. The zero-order chi connectivity index (χ0) is 16.8. The average molecular weight is 313 g/mol. The first-order chi connectivity index (χ1) is 11.1. The Bertz CT molecular complexity index is 737. The third-order valence-electron chi connectivity index (χ3n) is 3.81. The zero-order valence-corrected chi connectivity index (χ0v) is 14.0. The van der Waals surface area contributed by atoms with Crippen LogP contribution in [0.1, 0.15) is 41.9 Å². The van der Waals surface area contributed by atoms with Gasteiger partial charge in [-0.25, -0.2) is 4.68 Å². The molecule has 0 aliphatic rings. The van der Waals surface area contributed by atoms with Gasteiger partial charge in [0.25, 0.3) is 11.5 Å². The predicted octanol–water partition coefficient (Wildman–Crippen LogP) is 2.62. The van der Waals surface area contributed by atoms with E-state index in [1.165, 1.54) is 16.8 Å². The van der Waals surface area contributed by atoms with Crippen molar-refractivity contribution in [1.82, 2.24) is 14.7 Å². The molecule has 2 rings (SSSR count). The van der Waals surface area contributed by atoms with E-state index in [-0.39, 0.29) is 11.5 Å². The van der Waals surface area contributed by atoms with Crippen LogP contribution in [0.2, 0.25) is 0 Å². The standard InChI is InChI=1S/C18H23N3O2/c1-4-12-21-17(22)11-10-16(19-21)18(23)20(5-2)13-15-9-7-6-8-14(15)3/h6-11H,4-5,12-13H2,1-3H3. The van der Waals surface area contributed by atoms with Crippen molar-refractivity contribution in [3.63, 3.8) is 0 Å². The Morgan fingerprint density at radius 2 is 1.91 bits per heavy atom. The Hall–Kier alpha value is -2.43. The molecule has 0 radical (unpaired) electrons. The molecule has 5 nitrogen and oxygen atoms in total. The summed E-state index contributed by atoms with van der Waals surface area (Å²) in [5, 5.41) is 4.21. The number of benzene rings is 1. The number of amides is 1. The van der Waals surface area contributed by atoms with Gasteiger partial charge in [0.05, 0.1) is 0 Å². The van der Waals surface area contributed by atoms with Crippen LogP contribution in [0.5, 0.6) is 0 Å². The maximum absolute atomic E-state index is 12.7. The molecule has 0 spiro atoms. The Morgan fingerprint density at radius 1 is 1.17 bits per heavy atom. The summed E-state index contributed by atoms with van der Waals surface area (Å²) in [6.07, 6.45) is 0.797. The van der Waals surface area contributed by atoms with Crippen LogP contribution >= 0.6 is 0 Å². The van der Waals surface area contributed by atoms with Gasteiger partial charge in [0, 0.05) is 25.7 Å². The highest BCUT2D eigenvalue weighted by Gasteiger charge is 2.17. The zero-order valence-electron chi connectivity index (χ0n) is 14.0. The SMILES string of the molecule is CCCn1nc(C(=O)N(CC)Cc2ccccc2C)ccc1=O. The van der Waals surface area contributed by atoms with Gasteiger partial charge in [-0.3, -0.25) is 9.59 Å². The summed E-state index contributed by atoms with van der Waals surface area (Å²) >= 11 is 0. The van der Waals surface area contributed by atoms with Crippen LogP contribution in [-0.2, 0) is 13.1 Å². The normalized spacial score (nSPS) is 10.6. The van der Waals surface area contributed by atoms with Gasteiger partial charge in [0.1, 0.15) is 5.69 Å². The molecule has 0 saturated heterocycles. The molecule has 5 heteroatoms. The van der Waals surface area contributed by atoms with Crippen LogP contribution in [0, 0.1) is 6.92 Å². The smallest absolute Gasteiger partial charge is 0.274 e. The number of aromatic nitrogens is 2. The van der Waals surface area contributed by atoms with Crippen LogP contribution in [0.4, 0.5) is 0 Å². The van der Waals surface area contributed by atoms with Gasteiger partial charge in [0.15, 0.2) is 0 Å². The van der Waals surface area contributed by atoms with Gasteiger partial charge in [-0.1, -0.05) is 31.2 Å². The first-order valence-corrected chi connectivity index (χ1v) is 7.98. The van der Waals surface area contributed by atoms with Gasteiger partial charge < -0.3 is 4.90 Å². The summed E-state index contributed by atoms with van der Waals surface area (Å²) in [5.74, 6) is -0.152. The highest BCUT2D eigenvalue weighted by Crippen LogP contribution is 2.12. The van der Waals surface area contributed by atoms with Gasteiger partial charge >= 0.3 is 0 Å². The second-order valence-corrected chi connectivity index (χ2v) is 5.53. The highest BCUT2D eigenvalue weighted by atomic mass is 16.2. The van der Waals surface area contributed by atoms with E-state index in [1.54, 1.807) is 4.90 Å². The minimum absolute atomic E-state index is 0.152. The van der Waals surface area contributed by atoms with Crippen LogP contribution in [-0.4, -0.2) is 27.1 Å². The molecule has 2 aromatic rings. The molecule has 0 saturated carbocycles. The quantitative estimate of drug-likeness (QED) is 0.824. The minimum Gasteiger partial charge on any atom is -0.333 e. The summed E-state index contributed by atoms with van der Waals surface area (Å²) in [7, 11) is 0. The lowest BCUT2D eigenvalue weighted by Gasteiger charge is -2.21. The Labute approximate surface area is 136 Å². The Kier molecular flexibility index (Phi) is 5.68. The van der Waals surface area contributed by atoms with Crippen molar-refractivity contribution in [3.8, 4) is 0 Å². The van der Waals surface area contributed by atoms with E-state index in [4.69, 9.17) is 0 Å². The van der Waals surface area contributed by atoms with E-state index in [2.05, 4.69) is 5.10 Å². The summed E-state index contributed by atoms with van der Waals surface area (Å²) in [4.78, 5) is 26.2. The fourth-order valence-corrected chi connectivity index (χ4v) is 2.42. The molecular weight excluding hydrogens is 290 g/mol. The second kappa shape index (κ2) is 7.72. The van der Waals surface area contributed by atoms with E-state index < -0.39 is 0 Å². The molecule has 122 valence electrons. The van der Waals surface area contributed by atoms with Gasteiger partial charge in [-0.15, -0.1) is 0 Å². The van der Waals surface area contributed by atoms with Crippen molar-refractivity contribution in [3.05, 3.63) is 63.6 Å². The van der Waals surface area contributed by atoms with Crippen LogP contribution in [0.25, 0.3) is 0 Å². The average Bonchev–Trinajstić information content (AvgIpc) is 2.56. The molecule has 0 N–H and O–H groups in total. The van der Waals surface area contributed by atoms with Crippen molar-refractivity contribution in [2.75, 3.05) is 6.54 Å². The summed E-state index contributed by atoms with van der Waals surface area (Å²) < 4.78 is 1.36. The molecule has 1 heterocycles. The summed E-state index contributed by atoms with van der Waals surface area (Å²) in [6.45, 7) is 7.59. The van der Waals surface area contributed by atoms with Gasteiger partial charge in [0.2, 0.25) is 0 Å². The molecule has 0 atom stereocenters. The van der Waals surface area contributed by atoms with Crippen molar-refractivity contribution < 1.29 is 4.79 Å². The molecule has 23 heavy (non-hydrogen) atoms. The van der Waals surface area contributed by atoms with E-state index in [0.29, 0.717) is 25.3 Å². The fourth-order valence-electron chi connectivity index (χ4n) is 2.42. The Balaban J connectivity index is 2.25. The number of carbonyl (C=O) groups excluding carboxylic acids is 1. The van der Waals surface area contributed by atoms with Gasteiger partial charge in [-0.2, -0.15) is 5.10 Å². The molecular formula is C18H23N3O2. The van der Waals surface area contributed by atoms with E-state index in [1.807, 2.05) is 45.0 Å². The topological polar surface area (TPSA) is 55.2 Å². The number of aryl methyl sites for hydroxylation is 2. The molecule has 0 fully saturated rings. The largest absolute Gasteiger partial charge is 0.333 e. The maximum atomic E-state index is 12.7. The molecule has 1 aromatic carbocycles. The monoisotopic (exact) mass is 313 g/mol. The molecule has 0 aliphatic carbocycles. The van der Waals surface area contributed by atoms with Crippen LogP contribution < -0.4 is 5.56 Å². The van der Waals surface area contributed by atoms with Crippen molar-refractivity contribution in [1.29, 1.82) is 0 Å². The predicted molar refractivity (Wildman–Crippen MR) is 90.4 cm³/mol. The van der Waals surface area contributed by atoms with Crippen LogP contribution in [0.3, 0.4) is 0 Å². The minimum atomic E-state index is -0.176. The number of hydrogen-bond donors (Lipinski definition) is 0. The summed E-state index contributed by atoms with van der Waals surface area (Å²) in [6, 6.07) is 10.9. The summed E-state index contributed by atoms with van der Waals surface area (Å²) in [5.41, 5.74) is 2.41. The number of nitrogens with zero attached hydrogens (tertiary/aromatic N) is 3. The highest BCUT2D eigenvalue weighted by molar-refractivity contribution is 5.92.